The number of hydrogen-bond donors (Lipinski definition) is 1. The molecule has 0 aromatic carbocycles. The van der Waals surface area contributed by atoms with Crippen LogP contribution in [0, 0.1) is 16.0 Å². The third-order valence-corrected chi connectivity index (χ3v) is 4.95. The predicted octanol–water partition coefficient (Wildman–Crippen LogP) is 1.32. The Bertz CT molecular complexity index is 942. The Labute approximate surface area is 148 Å². The molecule has 4 rings (SSSR count). The minimum atomic E-state index is -0.595. The van der Waals surface area contributed by atoms with E-state index in [0.29, 0.717) is 30.4 Å². The minimum Gasteiger partial charge on any atom is -0.385 e. The molecule has 3 aromatic rings. The molecule has 3 aromatic heterocycles. The monoisotopic (exact) mass is 357 g/mol. The Morgan fingerprint density at radius 2 is 2.08 bits per heavy atom. The van der Waals surface area contributed by atoms with Crippen molar-refractivity contribution in [2.75, 3.05) is 18.0 Å². The van der Waals surface area contributed by atoms with Gasteiger partial charge in [-0.3, -0.25) is 0 Å². The van der Waals surface area contributed by atoms with Crippen molar-refractivity contribution in [3.8, 4) is 0 Å². The first kappa shape index (κ1) is 16.5. The van der Waals surface area contributed by atoms with Gasteiger partial charge in [0.05, 0.1) is 0 Å². The van der Waals surface area contributed by atoms with E-state index >= 15 is 0 Å². The van der Waals surface area contributed by atoms with Crippen LogP contribution in [-0.2, 0) is 7.05 Å². The van der Waals surface area contributed by atoms with Crippen LogP contribution in [0.5, 0.6) is 0 Å². The summed E-state index contributed by atoms with van der Waals surface area (Å²) in [5.74, 6) is 1.32. The highest BCUT2D eigenvalue weighted by molar-refractivity contribution is 5.49. The summed E-state index contributed by atoms with van der Waals surface area (Å²) in [6.45, 7) is 1.43. The van der Waals surface area contributed by atoms with Gasteiger partial charge in [0.15, 0.2) is 5.82 Å². The summed E-state index contributed by atoms with van der Waals surface area (Å²) in [5, 5.41) is 26.0. The van der Waals surface area contributed by atoms with Gasteiger partial charge < -0.3 is 24.7 Å². The largest absolute Gasteiger partial charge is 0.385 e. The number of nitrogens with zero attached hydrogens (tertiary/aromatic N) is 7. The molecular formula is C16H19N7O3. The van der Waals surface area contributed by atoms with E-state index < -0.39 is 11.0 Å². The number of imidazole rings is 2. The molecule has 1 unspecified atom stereocenters. The number of rotatable bonds is 4. The molecule has 1 aliphatic heterocycles. The molecule has 0 bridgehead atoms. The van der Waals surface area contributed by atoms with Crippen LogP contribution in [-0.4, -0.2) is 47.3 Å². The Balaban J connectivity index is 1.49. The predicted molar refractivity (Wildman–Crippen MR) is 92.7 cm³/mol. The highest BCUT2D eigenvalue weighted by atomic mass is 16.6. The maximum atomic E-state index is 11.1. The maximum Gasteiger partial charge on any atom is 0.368 e. The Morgan fingerprint density at radius 3 is 2.73 bits per heavy atom. The van der Waals surface area contributed by atoms with Crippen LogP contribution in [0.2, 0.25) is 0 Å². The zero-order valence-corrected chi connectivity index (χ0v) is 14.3. The van der Waals surface area contributed by atoms with Crippen LogP contribution < -0.4 is 4.90 Å². The van der Waals surface area contributed by atoms with Crippen molar-refractivity contribution in [3.05, 3.63) is 46.7 Å². The highest BCUT2D eigenvalue weighted by Crippen LogP contribution is 2.31. The van der Waals surface area contributed by atoms with E-state index in [0.717, 1.165) is 12.8 Å². The van der Waals surface area contributed by atoms with Crippen LogP contribution in [0.3, 0.4) is 0 Å². The molecule has 1 aliphatic rings. The normalized spacial score (nSPS) is 16.9. The molecular weight excluding hydrogens is 338 g/mol. The van der Waals surface area contributed by atoms with Crippen LogP contribution in [0.1, 0.15) is 24.8 Å². The van der Waals surface area contributed by atoms with Crippen molar-refractivity contribution in [3.63, 3.8) is 0 Å². The maximum absolute atomic E-state index is 11.1. The average molecular weight is 357 g/mol. The van der Waals surface area contributed by atoms with Crippen LogP contribution in [0.4, 0.5) is 11.6 Å². The number of fused-ring (bicyclic) bond motifs is 1. The molecule has 136 valence electrons. The van der Waals surface area contributed by atoms with Crippen LogP contribution in [0.25, 0.3) is 5.65 Å². The minimum absolute atomic E-state index is 0.124. The quantitative estimate of drug-likeness (QED) is 0.553. The Kier molecular flexibility index (Phi) is 4.03. The second-order valence-corrected chi connectivity index (χ2v) is 6.50. The number of piperidine rings is 1. The Morgan fingerprint density at radius 1 is 1.31 bits per heavy atom. The number of anilines is 1. The molecule has 0 spiro atoms. The summed E-state index contributed by atoms with van der Waals surface area (Å²) < 4.78 is 3.09. The van der Waals surface area contributed by atoms with Gasteiger partial charge in [-0.05, 0) is 29.7 Å². The van der Waals surface area contributed by atoms with E-state index in [4.69, 9.17) is 0 Å². The summed E-state index contributed by atoms with van der Waals surface area (Å²) in [7, 11) is 1.87. The zero-order chi connectivity index (χ0) is 18.3. The smallest absolute Gasteiger partial charge is 0.368 e. The lowest BCUT2D eigenvalue weighted by Gasteiger charge is -2.34. The van der Waals surface area contributed by atoms with Gasteiger partial charge in [-0.2, -0.15) is 0 Å². The molecule has 1 N–H and O–H groups in total. The fourth-order valence-corrected chi connectivity index (χ4v) is 3.46. The average Bonchev–Trinajstić information content (AvgIpc) is 3.26. The van der Waals surface area contributed by atoms with E-state index in [1.807, 2.05) is 23.9 Å². The molecule has 10 nitrogen and oxygen atoms in total. The first-order valence-electron chi connectivity index (χ1n) is 8.44. The highest BCUT2D eigenvalue weighted by Gasteiger charge is 2.29. The molecule has 0 amide bonds. The van der Waals surface area contributed by atoms with Crippen LogP contribution >= 0.6 is 0 Å². The van der Waals surface area contributed by atoms with Gasteiger partial charge >= 0.3 is 5.82 Å². The topological polar surface area (TPSA) is 115 Å². The third-order valence-electron chi connectivity index (χ3n) is 4.95. The lowest BCUT2D eigenvalue weighted by molar-refractivity contribution is -0.391. The van der Waals surface area contributed by atoms with Crippen molar-refractivity contribution in [1.82, 2.24) is 24.1 Å². The third kappa shape index (κ3) is 2.77. The first-order chi connectivity index (χ1) is 12.5. The zero-order valence-electron chi connectivity index (χ0n) is 14.3. The van der Waals surface area contributed by atoms with Gasteiger partial charge in [0.25, 0.3) is 0 Å². The summed E-state index contributed by atoms with van der Waals surface area (Å²) in [4.78, 5) is 20.9. The Hall–Kier alpha value is -3.01. The van der Waals surface area contributed by atoms with Crippen molar-refractivity contribution in [2.45, 2.75) is 18.9 Å². The molecule has 0 radical (unpaired) electrons. The number of hydrogen-bond acceptors (Lipinski definition) is 7. The molecule has 4 heterocycles. The van der Waals surface area contributed by atoms with Crippen molar-refractivity contribution in [1.29, 1.82) is 0 Å². The lowest BCUT2D eigenvalue weighted by Crippen LogP contribution is -2.36. The molecule has 26 heavy (non-hydrogen) atoms. The van der Waals surface area contributed by atoms with Gasteiger partial charge in [0, 0.05) is 38.6 Å². The standard InChI is InChI=1S/C16H19N7O3/c1-20-9-6-17-16(20)15(24)11-4-7-21(8-5-11)13-3-2-12-18-10-14(23(25)26)22(12)19-13/h2-3,6,9-11,15,24H,4-5,7-8H2,1H3. The fourth-order valence-electron chi connectivity index (χ4n) is 3.46. The second kappa shape index (κ2) is 6.37. The van der Waals surface area contributed by atoms with E-state index in [2.05, 4.69) is 20.0 Å². The van der Waals surface area contributed by atoms with E-state index in [1.165, 1.54) is 10.7 Å². The molecule has 1 saturated heterocycles. The molecule has 1 atom stereocenters. The van der Waals surface area contributed by atoms with Crippen molar-refractivity contribution >= 4 is 17.3 Å². The summed E-state index contributed by atoms with van der Waals surface area (Å²) >= 11 is 0. The summed E-state index contributed by atoms with van der Waals surface area (Å²) in [6.07, 6.45) is 5.71. The molecule has 1 fully saturated rings. The van der Waals surface area contributed by atoms with E-state index in [9.17, 15) is 15.2 Å². The fraction of sp³-hybridized carbons (Fsp3) is 0.438. The summed E-state index contributed by atoms with van der Waals surface area (Å²) in [6, 6.07) is 3.55. The van der Waals surface area contributed by atoms with Gasteiger partial charge in [0.2, 0.25) is 5.65 Å². The molecule has 0 saturated carbocycles. The van der Waals surface area contributed by atoms with Crippen molar-refractivity contribution < 1.29 is 10.0 Å². The number of aromatic nitrogens is 5. The lowest BCUT2D eigenvalue weighted by atomic mass is 9.90. The van der Waals surface area contributed by atoms with E-state index in [-0.39, 0.29) is 11.7 Å². The van der Waals surface area contributed by atoms with E-state index in [1.54, 1.807) is 12.3 Å². The number of nitro groups is 1. The van der Waals surface area contributed by atoms with Gasteiger partial charge in [-0.1, -0.05) is 9.61 Å². The van der Waals surface area contributed by atoms with Gasteiger partial charge in [-0.15, -0.1) is 0 Å². The van der Waals surface area contributed by atoms with Gasteiger partial charge in [-0.25, -0.2) is 9.97 Å². The molecule has 0 aliphatic carbocycles. The first-order valence-corrected chi connectivity index (χ1v) is 8.44. The molecule has 10 heteroatoms. The number of aliphatic hydroxyl groups is 1. The summed E-state index contributed by atoms with van der Waals surface area (Å²) in [5.41, 5.74) is 0.445. The second-order valence-electron chi connectivity index (χ2n) is 6.50. The van der Waals surface area contributed by atoms with Crippen molar-refractivity contribution in [2.24, 2.45) is 13.0 Å². The van der Waals surface area contributed by atoms with Crippen LogP contribution in [0.15, 0.2) is 30.7 Å². The van der Waals surface area contributed by atoms with Gasteiger partial charge in [0.1, 0.15) is 18.1 Å². The number of aliphatic hydroxyl groups excluding tert-OH is 1. The SMILES string of the molecule is Cn1ccnc1C(O)C1CCN(c2ccc3ncc([N+](=O)[O-])n3n2)CC1. The number of aryl methyl sites for hydroxylation is 1.